The molecule has 0 saturated heterocycles. The molecule has 0 N–H and O–H groups in total. The van der Waals surface area contributed by atoms with Crippen molar-refractivity contribution in [2.45, 2.75) is 26.5 Å². The molecule has 234 valence electrons. The van der Waals surface area contributed by atoms with Gasteiger partial charge in [0, 0.05) is 21.8 Å². The minimum atomic E-state index is -0.809. The first-order valence-corrected chi connectivity index (χ1v) is 16.4. The van der Waals surface area contributed by atoms with Crippen LogP contribution in [0.2, 0.25) is 15.1 Å². The standard InChI is InChI=1S/C32H26BrCl3N2O6S/c1-4-42-25-9-7-18(13-26(25)43-5-2)28-21(31(40)41-3)15-37-32-38(28)30(39)27(45-32)12-17-10-22(33)29(24(36)11-17)44-16-19-6-8-20(34)14-23(19)35/h6-15,28H,4-5,16H2,1-3H3/b27-12-/t28-/m1/s1. The number of hydrogen-bond donors (Lipinski definition) is 0. The molecule has 0 spiro atoms. The topological polar surface area (TPSA) is 88.4 Å². The molecule has 8 nitrogen and oxygen atoms in total. The average Bonchev–Trinajstić information content (AvgIpc) is 3.32. The minimum absolute atomic E-state index is 0.172. The van der Waals surface area contributed by atoms with Gasteiger partial charge < -0.3 is 18.9 Å². The third-order valence-electron chi connectivity index (χ3n) is 6.71. The molecule has 45 heavy (non-hydrogen) atoms. The van der Waals surface area contributed by atoms with Crippen LogP contribution in [0.15, 0.2) is 74.6 Å². The van der Waals surface area contributed by atoms with Crippen molar-refractivity contribution in [1.82, 2.24) is 4.57 Å². The predicted molar refractivity (Wildman–Crippen MR) is 180 cm³/mol. The van der Waals surface area contributed by atoms with E-state index in [1.165, 1.54) is 29.2 Å². The van der Waals surface area contributed by atoms with Crippen LogP contribution in [0.4, 0.5) is 0 Å². The first-order chi connectivity index (χ1) is 21.6. The molecule has 1 aromatic heterocycles. The number of esters is 1. The van der Waals surface area contributed by atoms with Crippen LogP contribution in [-0.4, -0.2) is 30.9 Å². The number of aromatic nitrogens is 1. The zero-order valence-corrected chi connectivity index (χ0v) is 28.9. The molecule has 13 heteroatoms. The fraction of sp³-hybridized carbons (Fsp3) is 0.219. The predicted octanol–water partition coefficient (Wildman–Crippen LogP) is 7.12. The lowest BCUT2D eigenvalue weighted by atomic mass is 9.97. The van der Waals surface area contributed by atoms with Crippen LogP contribution in [0.1, 0.15) is 36.6 Å². The molecule has 0 unspecified atom stereocenters. The van der Waals surface area contributed by atoms with Crippen LogP contribution < -0.4 is 29.1 Å². The Kier molecular flexibility index (Phi) is 10.6. The third kappa shape index (κ3) is 7.10. The molecule has 4 aromatic rings. The molecule has 5 rings (SSSR count). The molecular formula is C32H26BrCl3N2O6S. The number of thiazole rings is 1. The lowest BCUT2D eigenvalue weighted by Gasteiger charge is -2.23. The summed E-state index contributed by atoms with van der Waals surface area (Å²) < 4.78 is 25.0. The number of carbonyl (C=O) groups is 1. The highest BCUT2D eigenvalue weighted by Crippen LogP contribution is 2.37. The number of rotatable bonds is 10. The number of carbonyl (C=O) groups excluding carboxylic acids is 1. The van der Waals surface area contributed by atoms with Crippen molar-refractivity contribution < 1.29 is 23.7 Å². The van der Waals surface area contributed by atoms with Crippen LogP contribution in [0.25, 0.3) is 6.08 Å². The Morgan fingerprint density at radius 2 is 1.76 bits per heavy atom. The van der Waals surface area contributed by atoms with Crippen molar-refractivity contribution in [1.29, 1.82) is 0 Å². The fourth-order valence-corrected chi connectivity index (χ4v) is 7.15. The van der Waals surface area contributed by atoms with Gasteiger partial charge in [0.05, 0.1) is 46.0 Å². The summed E-state index contributed by atoms with van der Waals surface area (Å²) in [5.41, 5.74) is 1.90. The van der Waals surface area contributed by atoms with E-state index in [9.17, 15) is 9.59 Å². The second kappa shape index (κ2) is 14.4. The molecular weight excluding hydrogens is 727 g/mol. The molecule has 2 heterocycles. The SMILES string of the molecule is CCOc1ccc([C@@H]2C(C(=O)OC)=CN=c3s/c(=C\c4cc(Cl)c(OCc5ccc(Cl)cc5Cl)c(Br)c4)c(=O)n32)cc1OCC. The first-order valence-electron chi connectivity index (χ1n) is 13.7. The number of ether oxygens (including phenoxy) is 4. The monoisotopic (exact) mass is 750 g/mol. The van der Waals surface area contributed by atoms with Gasteiger partial charge >= 0.3 is 5.97 Å². The van der Waals surface area contributed by atoms with E-state index < -0.39 is 12.0 Å². The summed E-state index contributed by atoms with van der Waals surface area (Å²) in [6, 6.07) is 13.2. The molecule has 1 atom stereocenters. The van der Waals surface area contributed by atoms with Gasteiger partial charge in [0.2, 0.25) is 0 Å². The molecule has 0 amide bonds. The van der Waals surface area contributed by atoms with Gasteiger partial charge in [0.15, 0.2) is 22.0 Å². The van der Waals surface area contributed by atoms with E-state index in [1.54, 1.807) is 54.6 Å². The van der Waals surface area contributed by atoms with E-state index in [2.05, 4.69) is 20.9 Å². The van der Waals surface area contributed by atoms with Gasteiger partial charge in [-0.2, -0.15) is 0 Å². The molecule has 1 aliphatic heterocycles. The second-order valence-electron chi connectivity index (χ2n) is 9.59. The Morgan fingerprint density at radius 1 is 1.00 bits per heavy atom. The maximum atomic E-state index is 13.9. The van der Waals surface area contributed by atoms with Crippen LogP contribution in [0.5, 0.6) is 17.2 Å². The van der Waals surface area contributed by atoms with Gasteiger partial charge in [-0.1, -0.05) is 58.3 Å². The molecule has 1 aliphatic rings. The van der Waals surface area contributed by atoms with Crippen molar-refractivity contribution >= 4 is 74.1 Å². The summed E-state index contributed by atoms with van der Waals surface area (Å²) >= 11 is 23.6. The molecule has 3 aromatic carbocycles. The van der Waals surface area contributed by atoms with Crippen molar-refractivity contribution in [3.05, 3.63) is 116 Å². The Hall–Kier alpha value is -3.28. The lowest BCUT2D eigenvalue weighted by molar-refractivity contribution is -0.136. The number of fused-ring (bicyclic) bond motifs is 1. The van der Waals surface area contributed by atoms with E-state index in [0.29, 0.717) is 70.5 Å². The number of hydrogen-bond acceptors (Lipinski definition) is 8. The molecule has 0 bridgehead atoms. The Bertz CT molecular complexity index is 1970. The summed E-state index contributed by atoms with van der Waals surface area (Å²) in [6.45, 7) is 4.77. The maximum absolute atomic E-state index is 13.9. The first kappa shape index (κ1) is 33.1. The van der Waals surface area contributed by atoms with Crippen LogP contribution in [0.3, 0.4) is 0 Å². The normalized spacial score (nSPS) is 14.3. The van der Waals surface area contributed by atoms with Crippen LogP contribution >= 0.6 is 62.1 Å². The van der Waals surface area contributed by atoms with Gasteiger partial charge in [-0.25, -0.2) is 9.79 Å². The zero-order chi connectivity index (χ0) is 32.2. The summed E-state index contributed by atoms with van der Waals surface area (Å²) in [5, 5.41) is 1.34. The quantitative estimate of drug-likeness (QED) is 0.161. The Morgan fingerprint density at radius 3 is 2.44 bits per heavy atom. The summed E-state index contributed by atoms with van der Waals surface area (Å²) in [6.07, 6.45) is 3.15. The molecule has 0 aliphatic carbocycles. The van der Waals surface area contributed by atoms with Crippen molar-refractivity contribution in [3.63, 3.8) is 0 Å². The molecule has 0 fully saturated rings. The maximum Gasteiger partial charge on any atom is 0.337 e. The van der Waals surface area contributed by atoms with Gasteiger partial charge in [0.25, 0.3) is 5.56 Å². The second-order valence-corrected chi connectivity index (χ2v) is 12.7. The van der Waals surface area contributed by atoms with E-state index in [4.69, 9.17) is 53.8 Å². The van der Waals surface area contributed by atoms with Crippen molar-refractivity contribution in [2.24, 2.45) is 4.99 Å². The average molecular weight is 753 g/mol. The summed E-state index contributed by atoms with van der Waals surface area (Å²) in [7, 11) is 1.29. The number of nitrogens with zero attached hydrogens (tertiary/aromatic N) is 2. The number of methoxy groups -OCH3 is 1. The van der Waals surface area contributed by atoms with Gasteiger partial charge in [-0.05, 0) is 83.4 Å². The van der Waals surface area contributed by atoms with E-state index in [0.717, 1.165) is 5.56 Å². The van der Waals surface area contributed by atoms with Gasteiger partial charge in [-0.3, -0.25) is 9.36 Å². The number of benzene rings is 3. The highest BCUT2D eigenvalue weighted by molar-refractivity contribution is 9.10. The van der Waals surface area contributed by atoms with Gasteiger partial charge in [-0.15, -0.1) is 0 Å². The summed E-state index contributed by atoms with van der Waals surface area (Å²) in [4.78, 5) is 31.7. The smallest absolute Gasteiger partial charge is 0.337 e. The van der Waals surface area contributed by atoms with Crippen molar-refractivity contribution in [2.75, 3.05) is 20.3 Å². The Labute approximate surface area is 286 Å². The molecule has 0 saturated carbocycles. The largest absolute Gasteiger partial charge is 0.490 e. The number of halogens is 4. The highest BCUT2D eigenvalue weighted by atomic mass is 79.9. The van der Waals surface area contributed by atoms with E-state index >= 15 is 0 Å². The fourth-order valence-electron chi connectivity index (χ4n) is 4.73. The van der Waals surface area contributed by atoms with E-state index in [1.807, 2.05) is 13.8 Å². The molecule has 0 radical (unpaired) electrons. The third-order valence-corrected chi connectivity index (χ3v) is 9.17. The highest BCUT2D eigenvalue weighted by Gasteiger charge is 2.31. The lowest BCUT2D eigenvalue weighted by Crippen LogP contribution is -2.39. The van der Waals surface area contributed by atoms with Crippen molar-refractivity contribution in [3.8, 4) is 17.2 Å². The van der Waals surface area contributed by atoms with Crippen LogP contribution in [-0.2, 0) is 16.1 Å². The van der Waals surface area contributed by atoms with Gasteiger partial charge in [0.1, 0.15) is 6.61 Å². The Balaban J connectivity index is 1.54. The minimum Gasteiger partial charge on any atom is -0.490 e. The zero-order valence-electron chi connectivity index (χ0n) is 24.2. The van der Waals surface area contributed by atoms with Crippen LogP contribution in [0, 0.1) is 0 Å². The summed E-state index contributed by atoms with van der Waals surface area (Å²) in [5.74, 6) is 0.881. The van der Waals surface area contributed by atoms with E-state index in [-0.39, 0.29) is 17.7 Å².